The zero-order valence-corrected chi connectivity index (χ0v) is 13.1. The molecule has 0 saturated carbocycles. The second-order valence-corrected chi connectivity index (χ2v) is 6.41. The summed E-state index contributed by atoms with van der Waals surface area (Å²) in [4.78, 5) is 15.2. The Balaban J connectivity index is 2.12. The van der Waals surface area contributed by atoms with E-state index < -0.39 is 11.4 Å². The van der Waals surface area contributed by atoms with Gasteiger partial charge in [-0.15, -0.1) is 11.8 Å². The maximum Gasteiger partial charge on any atom is 0.310 e. The Morgan fingerprint density at radius 2 is 2.20 bits per heavy atom. The van der Waals surface area contributed by atoms with Gasteiger partial charge in [-0.25, -0.2) is 0 Å². The van der Waals surface area contributed by atoms with Crippen LogP contribution in [0.25, 0.3) is 0 Å². The van der Waals surface area contributed by atoms with Gasteiger partial charge in [-0.2, -0.15) is 0 Å². The third-order valence-corrected chi connectivity index (χ3v) is 5.21. The summed E-state index contributed by atoms with van der Waals surface area (Å²) in [5.41, 5.74) is 0.754. The Morgan fingerprint density at radius 1 is 1.45 bits per heavy atom. The van der Waals surface area contributed by atoms with Crippen molar-refractivity contribution in [3.05, 3.63) is 29.8 Å². The number of carboxylic acids is 1. The van der Waals surface area contributed by atoms with Crippen LogP contribution in [0.5, 0.6) is 0 Å². The van der Waals surface area contributed by atoms with Crippen LogP contribution < -0.4 is 0 Å². The fourth-order valence-corrected chi connectivity index (χ4v) is 3.66. The van der Waals surface area contributed by atoms with Crippen molar-refractivity contribution in [3.63, 3.8) is 0 Å². The van der Waals surface area contributed by atoms with Gasteiger partial charge in [0.1, 0.15) is 0 Å². The molecule has 110 valence electrons. The van der Waals surface area contributed by atoms with E-state index in [-0.39, 0.29) is 0 Å². The lowest BCUT2D eigenvalue weighted by Gasteiger charge is -2.39. The molecule has 0 amide bonds. The van der Waals surface area contributed by atoms with Gasteiger partial charge in [-0.3, -0.25) is 9.69 Å². The quantitative estimate of drug-likeness (QED) is 0.844. The minimum Gasteiger partial charge on any atom is -0.481 e. The van der Waals surface area contributed by atoms with Crippen LogP contribution >= 0.6 is 11.8 Å². The van der Waals surface area contributed by atoms with E-state index in [1.54, 1.807) is 11.8 Å². The van der Waals surface area contributed by atoms with Crippen LogP contribution in [0.1, 0.15) is 31.7 Å². The maximum atomic E-state index is 11.6. The molecule has 1 fully saturated rings. The molecule has 3 nitrogen and oxygen atoms in total. The summed E-state index contributed by atoms with van der Waals surface area (Å²) in [5, 5.41) is 9.54. The summed E-state index contributed by atoms with van der Waals surface area (Å²) >= 11 is 1.75. The Labute approximate surface area is 125 Å². The van der Waals surface area contributed by atoms with Crippen LogP contribution in [0.4, 0.5) is 0 Å². The van der Waals surface area contributed by atoms with Gasteiger partial charge in [0, 0.05) is 18.0 Å². The highest BCUT2D eigenvalue weighted by Crippen LogP contribution is 2.34. The first kappa shape index (κ1) is 15.4. The number of hydrogen-bond acceptors (Lipinski definition) is 3. The van der Waals surface area contributed by atoms with Crippen molar-refractivity contribution in [2.75, 3.05) is 19.3 Å². The lowest BCUT2D eigenvalue weighted by molar-refractivity contribution is -0.153. The highest BCUT2D eigenvalue weighted by molar-refractivity contribution is 7.98. The number of carboxylic acid groups (broad SMARTS) is 1. The van der Waals surface area contributed by atoms with Crippen molar-refractivity contribution in [2.45, 2.75) is 37.6 Å². The number of hydrogen-bond donors (Lipinski definition) is 1. The zero-order chi connectivity index (χ0) is 14.6. The van der Waals surface area contributed by atoms with Crippen molar-refractivity contribution in [2.24, 2.45) is 5.41 Å². The molecule has 1 N–H and O–H groups in total. The normalized spacial score (nSPS) is 23.7. The predicted molar refractivity (Wildman–Crippen MR) is 83.1 cm³/mol. The smallest absolute Gasteiger partial charge is 0.310 e. The Hall–Kier alpha value is -1.00. The highest BCUT2D eigenvalue weighted by Gasteiger charge is 2.40. The molecule has 0 radical (unpaired) electrons. The summed E-state index contributed by atoms with van der Waals surface area (Å²) < 4.78 is 0. The minimum atomic E-state index is -0.636. The fourth-order valence-electron chi connectivity index (χ4n) is 3.05. The summed E-state index contributed by atoms with van der Waals surface area (Å²) in [7, 11) is 0. The first-order valence-corrected chi connectivity index (χ1v) is 8.41. The molecule has 1 atom stereocenters. The third kappa shape index (κ3) is 3.18. The van der Waals surface area contributed by atoms with E-state index in [9.17, 15) is 9.90 Å². The molecule has 0 unspecified atom stereocenters. The number of piperidine rings is 1. The van der Waals surface area contributed by atoms with Crippen molar-refractivity contribution in [1.29, 1.82) is 0 Å². The van der Waals surface area contributed by atoms with Crippen LogP contribution in [0, 0.1) is 5.41 Å². The number of benzene rings is 1. The van der Waals surface area contributed by atoms with E-state index in [1.807, 2.05) is 6.92 Å². The third-order valence-electron chi connectivity index (χ3n) is 4.37. The van der Waals surface area contributed by atoms with E-state index in [0.29, 0.717) is 13.0 Å². The molecule has 1 saturated heterocycles. The molecule has 1 heterocycles. The highest BCUT2D eigenvalue weighted by atomic mass is 32.2. The molecule has 1 aliphatic heterocycles. The number of thioether (sulfide) groups is 1. The van der Waals surface area contributed by atoms with Gasteiger partial charge in [0.05, 0.1) is 5.41 Å². The molecule has 1 aliphatic rings. The fraction of sp³-hybridized carbons (Fsp3) is 0.562. The lowest BCUT2D eigenvalue weighted by Crippen LogP contribution is -2.47. The molecule has 1 aromatic rings. The van der Waals surface area contributed by atoms with Crippen molar-refractivity contribution in [3.8, 4) is 0 Å². The topological polar surface area (TPSA) is 40.5 Å². The van der Waals surface area contributed by atoms with E-state index in [0.717, 1.165) is 25.9 Å². The van der Waals surface area contributed by atoms with E-state index in [2.05, 4.69) is 35.4 Å². The molecule has 1 aromatic carbocycles. The van der Waals surface area contributed by atoms with Crippen LogP contribution in [0.2, 0.25) is 0 Å². The van der Waals surface area contributed by atoms with Crippen LogP contribution in [0.3, 0.4) is 0 Å². The predicted octanol–water partition coefficient (Wildman–Crippen LogP) is 3.49. The van der Waals surface area contributed by atoms with Gasteiger partial charge < -0.3 is 5.11 Å². The standard InChI is InChI=1S/C16H23NO2S/c1-3-16(15(18)19)9-6-10-17(12-16)11-13-7-4-5-8-14(13)20-2/h4-5,7-8H,3,6,9-12H2,1-2H3,(H,18,19)/t16-/m1/s1. The van der Waals surface area contributed by atoms with E-state index in [4.69, 9.17) is 0 Å². The van der Waals surface area contributed by atoms with Gasteiger partial charge in [-0.05, 0) is 43.7 Å². The number of rotatable bonds is 5. The molecule has 0 aliphatic carbocycles. The number of likely N-dealkylation sites (tertiary alicyclic amines) is 1. The van der Waals surface area contributed by atoms with Crippen LogP contribution in [-0.2, 0) is 11.3 Å². The lowest BCUT2D eigenvalue weighted by atomic mass is 9.77. The van der Waals surface area contributed by atoms with Crippen LogP contribution in [-0.4, -0.2) is 35.3 Å². The molecule has 2 rings (SSSR count). The molecular formula is C16H23NO2S. The second-order valence-electron chi connectivity index (χ2n) is 5.57. The monoisotopic (exact) mass is 293 g/mol. The van der Waals surface area contributed by atoms with Gasteiger partial charge in [0.25, 0.3) is 0 Å². The van der Waals surface area contributed by atoms with Gasteiger partial charge in [0.15, 0.2) is 0 Å². The summed E-state index contributed by atoms with van der Waals surface area (Å²) in [5.74, 6) is -0.636. The first-order valence-electron chi connectivity index (χ1n) is 7.19. The van der Waals surface area contributed by atoms with Gasteiger partial charge >= 0.3 is 5.97 Å². The number of carbonyl (C=O) groups is 1. The average Bonchev–Trinajstić information content (AvgIpc) is 2.47. The number of nitrogens with zero attached hydrogens (tertiary/aromatic N) is 1. The van der Waals surface area contributed by atoms with Crippen molar-refractivity contribution in [1.82, 2.24) is 4.90 Å². The molecule has 0 bridgehead atoms. The summed E-state index contributed by atoms with van der Waals surface area (Å²) in [6.07, 6.45) is 4.58. The second kappa shape index (κ2) is 6.64. The maximum absolute atomic E-state index is 11.6. The largest absolute Gasteiger partial charge is 0.481 e. The summed E-state index contributed by atoms with van der Waals surface area (Å²) in [6.45, 7) is 4.51. The molecule has 4 heteroatoms. The molecule has 0 spiro atoms. The van der Waals surface area contributed by atoms with Gasteiger partial charge in [-0.1, -0.05) is 25.1 Å². The molecule has 0 aromatic heterocycles. The van der Waals surface area contributed by atoms with E-state index >= 15 is 0 Å². The SMILES string of the molecule is CC[C@@]1(C(=O)O)CCCN(Cc2ccccc2SC)C1. The van der Waals surface area contributed by atoms with Gasteiger partial charge in [0.2, 0.25) is 0 Å². The molecule has 20 heavy (non-hydrogen) atoms. The first-order chi connectivity index (χ1) is 9.61. The average molecular weight is 293 g/mol. The Morgan fingerprint density at radius 3 is 2.85 bits per heavy atom. The zero-order valence-electron chi connectivity index (χ0n) is 12.3. The molecular weight excluding hydrogens is 270 g/mol. The van der Waals surface area contributed by atoms with E-state index in [1.165, 1.54) is 10.5 Å². The van der Waals surface area contributed by atoms with Crippen molar-refractivity contribution < 1.29 is 9.90 Å². The van der Waals surface area contributed by atoms with Crippen LogP contribution in [0.15, 0.2) is 29.2 Å². The minimum absolute atomic E-state index is 0.549. The van der Waals surface area contributed by atoms with Crippen molar-refractivity contribution >= 4 is 17.7 Å². The Kier molecular flexibility index (Phi) is 5.11. The summed E-state index contributed by atoms with van der Waals surface area (Å²) in [6, 6.07) is 8.39. The number of aliphatic carboxylic acids is 1. The Bertz CT molecular complexity index is 477.